The number of aromatic nitrogens is 2. The summed E-state index contributed by atoms with van der Waals surface area (Å²) in [5.74, 6) is 2.22. The highest BCUT2D eigenvalue weighted by atomic mass is 32.2. The maximum absolute atomic E-state index is 13.6. The molecule has 0 aliphatic carbocycles. The van der Waals surface area contributed by atoms with Gasteiger partial charge >= 0.3 is 0 Å². The van der Waals surface area contributed by atoms with Gasteiger partial charge in [-0.2, -0.15) is 0 Å². The van der Waals surface area contributed by atoms with Crippen LogP contribution in [0.3, 0.4) is 0 Å². The Balaban J connectivity index is 1.84. The van der Waals surface area contributed by atoms with E-state index in [1.165, 1.54) is 4.31 Å². The van der Waals surface area contributed by atoms with Crippen molar-refractivity contribution in [3.63, 3.8) is 0 Å². The van der Waals surface area contributed by atoms with Crippen molar-refractivity contribution in [3.8, 4) is 5.75 Å². The van der Waals surface area contributed by atoms with Crippen LogP contribution in [0.4, 0.5) is 5.82 Å². The molecule has 8 heteroatoms. The quantitative estimate of drug-likeness (QED) is 0.381. The predicted octanol–water partition coefficient (Wildman–Crippen LogP) is 5.63. The molecule has 33 heavy (non-hydrogen) atoms. The highest BCUT2D eigenvalue weighted by molar-refractivity contribution is 7.92. The van der Waals surface area contributed by atoms with Gasteiger partial charge in [-0.05, 0) is 61.6 Å². The fraction of sp³-hybridized carbons (Fsp3) is 0.440. The Morgan fingerprint density at radius 3 is 2.27 bits per heavy atom. The van der Waals surface area contributed by atoms with Crippen LogP contribution in [-0.4, -0.2) is 25.1 Å². The summed E-state index contributed by atoms with van der Waals surface area (Å²) >= 11 is 0. The maximum Gasteiger partial charge on any atom is 0.265 e. The molecule has 2 heterocycles. The first-order valence-electron chi connectivity index (χ1n) is 11.3. The van der Waals surface area contributed by atoms with Crippen LogP contribution in [0.2, 0.25) is 0 Å². The normalized spacial score (nSPS) is 12.7. The molecule has 0 saturated heterocycles. The van der Waals surface area contributed by atoms with Gasteiger partial charge in [-0.3, -0.25) is 0 Å². The largest absolute Gasteiger partial charge is 0.489 e. The number of benzene rings is 1. The Morgan fingerprint density at radius 2 is 1.76 bits per heavy atom. The number of hydrogen-bond acceptors (Lipinski definition) is 6. The fourth-order valence-electron chi connectivity index (χ4n) is 3.31. The Labute approximate surface area is 196 Å². The molecule has 0 aliphatic rings. The summed E-state index contributed by atoms with van der Waals surface area (Å²) in [6.45, 7) is 12.6. The third-order valence-corrected chi connectivity index (χ3v) is 7.63. The van der Waals surface area contributed by atoms with Gasteiger partial charge in [-0.25, -0.2) is 17.7 Å². The second-order valence-electron chi connectivity index (χ2n) is 8.72. The van der Waals surface area contributed by atoms with Crippen LogP contribution in [-0.2, 0) is 16.6 Å². The number of pyridine rings is 1. The molecule has 3 rings (SSSR count). The minimum atomic E-state index is -3.79. The summed E-state index contributed by atoms with van der Waals surface area (Å²) in [4.78, 5) is 4.68. The molecular weight excluding hydrogens is 438 g/mol. The lowest BCUT2D eigenvalue weighted by atomic mass is 10.1. The Morgan fingerprint density at radius 1 is 1.06 bits per heavy atom. The standard InChI is InChI=1S/C25H33N3O4S/c1-7-18(4)15-28(25-13-8-21(14-26-25)17(2)3)33(29,30)23-11-9-22(10-12-23)31-16-24-19(5)27-32-20(24)6/h8-14,17-18H,7,15-16H2,1-6H3. The minimum Gasteiger partial charge on any atom is -0.489 e. The van der Waals surface area contributed by atoms with E-state index in [-0.39, 0.29) is 10.8 Å². The molecule has 0 amide bonds. The topological polar surface area (TPSA) is 85.5 Å². The van der Waals surface area contributed by atoms with Crippen molar-refractivity contribution in [2.24, 2.45) is 5.92 Å². The molecule has 1 aromatic carbocycles. The summed E-state index contributed by atoms with van der Waals surface area (Å²) in [5.41, 5.74) is 2.74. The molecule has 178 valence electrons. The second-order valence-corrected chi connectivity index (χ2v) is 10.6. The van der Waals surface area contributed by atoms with Crippen molar-refractivity contribution < 1.29 is 17.7 Å². The first-order valence-corrected chi connectivity index (χ1v) is 12.7. The van der Waals surface area contributed by atoms with E-state index in [0.717, 1.165) is 23.2 Å². The summed E-state index contributed by atoms with van der Waals surface area (Å²) in [6.07, 6.45) is 2.62. The average Bonchev–Trinajstić information content (AvgIpc) is 3.13. The van der Waals surface area contributed by atoms with Crippen LogP contribution in [0.5, 0.6) is 5.75 Å². The lowest BCUT2D eigenvalue weighted by Crippen LogP contribution is -2.35. The molecule has 3 aromatic rings. The Kier molecular flexibility index (Phi) is 7.79. The molecule has 0 fully saturated rings. The number of hydrogen-bond donors (Lipinski definition) is 0. The van der Waals surface area contributed by atoms with Gasteiger partial charge in [0.2, 0.25) is 0 Å². The van der Waals surface area contributed by atoms with E-state index in [0.29, 0.717) is 36.4 Å². The van der Waals surface area contributed by atoms with Crippen molar-refractivity contribution >= 4 is 15.8 Å². The number of sulfonamides is 1. The third kappa shape index (κ3) is 5.74. The van der Waals surface area contributed by atoms with Gasteiger partial charge in [-0.1, -0.05) is 45.3 Å². The van der Waals surface area contributed by atoms with Gasteiger partial charge in [-0.15, -0.1) is 0 Å². The second kappa shape index (κ2) is 10.4. The van der Waals surface area contributed by atoms with Gasteiger partial charge < -0.3 is 9.26 Å². The molecule has 0 spiro atoms. The third-order valence-electron chi connectivity index (χ3n) is 5.84. The molecule has 0 aliphatic heterocycles. The molecule has 0 bridgehead atoms. The molecule has 0 N–H and O–H groups in total. The maximum atomic E-state index is 13.6. The van der Waals surface area contributed by atoms with Crippen LogP contribution in [0.1, 0.15) is 62.6 Å². The number of ether oxygens (including phenoxy) is 1. The van der Waals surface area contributed by atoms with Crippen molar-refractivity contribution in [1.29, 1.82) is 0 Å². The molecular formula is C25H33N3O4S. The van der Waals surface area contributed by atoms with Crippen molar-refractivity contribution in [2.75, 3.05) is 10.8 Å². The Hall–Kier alpha value is -2.87. The van der Waals surface area contributed by atoms with Crippen LogP contribution in [0, 0.1) is 19.8 Å². The number of nitrogens with zero attached hydrogens (tertiary/aromatic N) is 3. The smallest absolute Gasteiger partial charge is 0.265 e. The SMILES string of the molecule is CCC(C)CN(c1ccc(C(C)C)cn1)S(=O)(=O)c1ccc(OCc2c(C)noc2C)cc1. The van der Waals surface area contributed by atoms with E-state index in [2.05, 4.69) is 30.9 Å². The van der Waals surface area contributed by atoms with Crippen molar-refractivity contribution in [2.45, 2.75) is 65.4 Å². The summed E-state index contributed by atoms with van der Waals surface area (Å²) in [6, 6.07) is 10.2. The number of aryl methyl sites for hydroxylation is 2. The molecule has 0 saturated carbocycles. The zero-order chi connectivity index (χ0) is 24.2. The molecule has 7 nitrogen and oxygen atoms in total. The van der Waals surface area contributed by atoms with Gasteiger partial charge in [0.05, 0.1) is 16.2 Å². The monoisotopic (exact) mass is 471 g/mol. The van der Waals surface area contributed by atoms with E-state index >= 15 is 0 Å². The summed E-state index contributed by atoms with van der Waals surface area (Å²) in [7, 11) is -3.79. The zero-order valence-corrected chi connectivity index (χ0v) is 21.0. The molecule has 2 aromatic heterocycles. The molecule has 1 unspecified atom stereocenters. The lowest BCUT2D eigenvalue weighted by Gasteiger charge is -2.26. The van der Waals surface area contributed by atoms with Gasteiger partial charge in [0, 0.05) is 12.7 Å². The highest BCUT2D eigenvalue weighted by Crippen LogP contribution is 2.27. The van der Waals surface area contributed by atoms with Crippen LogP contribution >= 0.6 is 0 Å². The van der Waals surface area contributed by atoms with Crippen molar-refractivity contribution in [1.82, 2.24) is 10.1 Å². The van der Waals surface area contributed by atoms with Crippen molar-refractivity contribution in [3.05, 3.63) is 65.2 Å². The van der Waals surface area contributed by atoms with Crippen LogP contribution in [0.15, 0.2) is 52.0 Å². The van der Waals surface area contributed by atoms with E-state index in [1.54, 1.807) is 36.5 Å². The fourth-order valence-corrected chi connectivity index (χ4v) is 4.85. The molecule has 1 atom stereocenters. The Bertz CT molecular complexity index is 1130. The van der Waals surface area contributed by atoms with E-state index in [1.807, 2.05) is 26.8 Å². The number of rotatable bonds is 10. The summed E-state index contributed by atoms with van der Waals surface area (Å²) in [5, 5.41) is 3.92. The van der Waals surface area contributed by atoms with E-state index in [4.69, 9.17) is 9.26 Å². The first kappa shape index (κ1) is 24.8. The minimum absolute atomic E-state index is 0.184. The van der Waals surface area contributed by atoms with Crippen LogP contribution < -0.4 is 9.04 Å². The lowest BCUT2D eigenvalue weighted by molar-refractivity contribution is 0.301. The van der Waals surface area contributed by atoms with Gasteiger partial charge in [0.1, 0.15) is 23.9 Å². The predicted molar refractivity (Wildman–Crippen MR) is 129 cm³/mol. The van der Waals surface area contributed by atoms with Gasteiger partial charge in [0.15, 0.2) is 0 Å². The first-order chi connectivity index (χ1) is 15.6. The van der Waals surface area contributed by atoms with Gasteiger partial charge in [0.25, 0.3) is 10.0 Å². The van der Waals surface area contributed by atoms with E-state index < -0.39 is 10.0 Å². The zero-order valence-electron chi connectivity index (χ0n) is 20.2. The summed E-state index contributed by atoms with van der Waals surface area (Å²) < 4.78 is 39.5. The average molecular weight is 472 g/mol. The van der Waals surface area contributed by atoms with E-state index in [9.17, 15) is 8.42 Å². The number of anilines is 1. The molecule has 0 radical (unpaired) electrons. The highest BCUT2D eigenvalue weighted by Gasteiger charge is 2.27. The van der Waals surface area contributed by atoms with Crippen LogP contribution in [0.25, 0.3) is 0 Å².